The van der Waals surface area contributed by atoms with E-state index >= 15 is 0 Å². The first kappa shape index (κ1) is 17.0. The van der Waals surface area contributed by atoms with Gasteiger partial charge in [0.25, 0.3) is 5.91 Å². The zero-order chi connectivity index (χ0) is 16.7. The summed E-state index contributed by atoms with van der Waals surface area (Å²) in [6.45, 7) is 3.45. The molecule has 1 aliphatic rings. The molecule has 2 heterocycles. The minimum Gasteiger partial charge on any atom is -0.466 e. The lowest BCUT2D eigenvalue weighted by Gasteiger charge is -2.30. The van der Waals surface area contributed by atoms with Crippen molar-refractivity contribution in [1.29, 1.82) is 0 Å². The second-order valence-corrected chi connectivity index (χ2v) is 5.31. The van der Waals surface area contributed by atoms with Gasteiger partial charge in [-0.15, -0.1) is 0 Å². The Morgan fingerprint density at radius 1 is 1.39 bits per heavy atom. The Bertz CT molecular complexity index is 543. The molecule has 2 amide bonds. The number of hydrogen-bond acceptors (Lipinski definition) is 6. The highest BCUT2D eigenvalue weighted by Gasteiger charge is 2.27. The molecule has 1 aromatic rings. The number of nitrogens with zero attached hydrogens (tertiary/aromatic N) is 1. The highest BCUT2D eigenvalue weighted by molar-refractivity contribution is 5.93. The molecule has 126 valence electrons. The number of furan rings is 1. The molecule has 2 rings (SSSR count). The van der Waals surface area contributed by atoms with E-state index in [9.17, 15) is 14.4 Å². The molecule has 8 heteroatoms. The second-order valence-electron chi connectivity index (χ2n) is 5.31. The van der Waals surface area contributed by atoms with Crippen LogP contribution in [0.1, 0.15) is 30.3 Å². The second kappa shape index (κ2) is 8.33. The number of piperidine rings is 1. The Morgan fingerprint density at radius 2 is 2.22 bits per heavy atom. The van der Waals surface area contributed by atoms with Gasteiger partial charge in [0, 0.05) is 6.54 Å². The van der Waals surface area contributed by atoms with E-state index in [1.54, 1.807) is 13.0 Å². The van der Waals surface area contributed by atoms with E-state index in [1.165, 1.54) is 12.3 Å². The zero-order valence-corrected chi connectivity index (χ0v) is 13.0. The van der Waals surface area contributed by atoms with E-state index in [-0.39, 0.29) is 30.1 Å². The van der Waals surface area contributed by atoms with Crippen LogP contribution in [0.4, 0.5) is 0 Å². The lowest BCUT2D eigenvalue weighted by Crippen LogP contribution is -2.49. The van der Waals surface area contributed by atoms with Gasteiger partial charge in [0.1, 0.15) is 0 Å². The molecule has 0 aromatic carbocycles. The highest BCUT2D eigenvalue weighted by atomic mass is 16.5. The van der Waals surface area contributed by atoms with E-state index in [2.05, 4.69) is 10.9 Å². The first-order valence-corrected chi connectivity index (χ1v) is 7.61. The predicted octanol–water partition coefficient (Wildman–Crippen LogP) is 0.316. The minimum atomic E-state index is -0.522. The summed E-state index contributed by atoms with van der Waals surface area (Å²) in [5, 5.41) is 0. The Morgan fingerprint density at radius 3 is 2.91 bits per heavy atom. The number of hydrazine groups is 1. The monoisotopic (exact) mass is 323 g/mol. The largest absolute Gasteiger partial charge is 0.466 e. The van der Waals surface area contributed by atoms with Crippen LogP contribution in [0.5, 0.6) is 0 Å². The molecule has 0 saturated carbocycles. The smallest absolute Gasteiger partial charge is 0.310 e. The van der Waals surface area contributed by atoms with Crippen LogP contribution in [-0.2, 0) is 14.3 Å². The average Bonchev–Trinajstić information content (AvgIpc) is 3.07. The maximum atomic E-state index is 11.9. The quantitative estimate of drug-likeness (QED) is 0.598. The molecule has 1 aliphatic heterocycles. The summed E-state index contributed by atoms with van der Waals surface area (Å²) in [6.07, 6.45) is 2.97. The summed E-state index contributed by atoms with van der Waals surface area (Å²) in [6, 6.07) is 3.08. The SMILES string of the molecule is CCOC(=O)[C@H]1CCCN(CC(=O)NNC(=O)c2ccco2)C1. The van der Waals surface area contributed by atoms with E-state index in [0.29, 0.717) is 13.2 Å². The van der Waals surface area contributed by atoms with Gasteiger partial charge in [-0.25, -0.2) is 0 Å². The number of hydrogen-bond donors (Lipinski definition) is 2. The number of likely N-dealkylation sites (tertiary alicyclic amines) is 1. The van der Waals surface area contributed by atoms with E-state index < -0.39 is 5.91 Å². The summed E-state index contributed by atoms with van der Waals surface area (Å²) in [4.78, 5) is 37.1. The summed E-state index contributed by atoms with van der Waals surface area (Å²) >= 11 is 0. The van der Waals surface area contributed by atoms with E-state index in [1.807, 2.05) is 4.90 Å². The molecular weight excluding hydrogens is 302 g/mol. The van der Waals surface area contributed by atoms with Gasteiger partial charge in [0.2, 0.25) is 0 Å². The molecule has 0 radical (unpaired) electrons. The topological polar surface area (TPSA) is 101 Å². The fourth-order valence-corrected chi connectivity index (χ4v) is 2.49. The molecule has 0 unspecified atom stereocenters. The van der Waals surface area contributed by atoms with Crippen LogP contribution < -0.4 is 10.9 Å². The van der Waals surface area contributed by atoms with Gasteiger partial charge in [-0.05, 0) is 38.4 Å². The third-order valence-electron chi connectivity index (χ3n) is 3.55. The number of nitrogens with one attached hydrogen (secondary N) is 2. The van der Waals surface area contributed by atoms with Crippen LogP contribution in [0.2, 0.25) is 0 Å². The fraction of sp³-hybridized carbons (Fsp3) is 0.533. The number of amides is 2. The standard InChI is InChI=1S/C15H21N3O5/c1-2-22-15(21)11-5-3-7-18(9-11)10-13(19)16-17-14(20)12-6-4-8-23-12/h4,6,8,11H,2-3,5,7,9-10H2,1H3,(H,16,19)(H,17,20)/t11-/m0/s1. The number of carbonyl (C=O) groups is 3. The molecule has 0 spiro atoms. The summed E-state index contributed by atoms with van der Waals surface area (Å²) < 4.78 is 9.94. The molecule has 0 aliphatic carbocycles. The maximum absolute atomic E-state index is 11.9. The van der Waals surface area contributed by atoms with Gasteiger partial charge < -0.3 is 9.15 Å². The van der Waals surface area contributed by atoms with Crippen molar-refractivity contribution in [2.45, 2.75) is 19.8 Å². The van der Waals surface area contributed by atoms with Gasteiger partial charge in [0.15, 0.2) is 5.76 Å². The molecular formula is C15H21N3O5. The predicted molar refractivity (Wildman–Crippen MR) is 80.1 cm³/mol. The fourth-order valence-electron chi connectivity index (χ4n) is 2.49. The Labute approximate surface area is 134 Å². The van der Waals surface area contributed by atoms with Crippen molar-refractivity contribution in [1.82, 2.24) is 15.8 Å². The van der Waals surface area contributed by atoms with E-state index in [0.717, 1.165) is 19.4 Å². The van der Waals surface area contributed by atoms with Crippen LogP contribution in [-0.4, -0.2) is 48.9 Å². The van der Waals surface area contributed by atoms with Crippen molar-refractivity contribution < 1.29 is 23.5 Å². The molecule has 1 aromatic heterocycles. The number of carbonyl (C=O) groups excluding carboxylic acids is 3. The maximum Gasteiger partial charge on any atom is 0.310 e. The van der Waals surface area contributed by atoms with Gasteiger partial charge in [-0.3, -0.25) is 30.1 Å². The van der Waals surface area contributed by atoms with Gasteiger partial charge in [0.05, 0.1) is 25.3 Å². The van der Waals surface area contributed by atoms with Gasteiger partial charge >= 0.3 is 11.9 Å². The number of ether oxygens (including phenoxy) is 1. The molecule has 1 saturated heterocycles. The summed E-state index contributed by atoms with van der Waals surface area (Å²) in [5.41, 5.74) is 4.61. The first-order chi connectivity index (χ1) is 11.1. The van der Waals surface area contributed by atoms with Crippen molar-refractivity contribution >= 4 is 17.8 Å². The van der Waals surface area contributed by atoms with Crippen molar-refractivity contribution in [3.63, 3.8) is 0 Å². The van der Waals surface area contributed by atoms with Crippen LogP contribution >= 0.6 is 0 Å². The van der Waals surface area contributed by atoms with Crippen molar-refractivity contribution in [2.24, 2.45) is 5.92 Å². The first-order valence-electron chi connectivity index (χ1n) is 7.61. The normalized spacial score (nSPS) is 18.2. The number of rotatable bonds is 5. The minimum absolute atomic E-state index is 0.105. The summed E-state index contributed by atoms with van der Waals surface area (Å²) in [7, 11) is 0. The molecule has 0 bridgehead atoms. The van der Waals surface area contributed by atoms with E-state index in [4.69, 9.17) is 9.15 Å². The van der Waals surface area contributed by atoms with Crippen molar-refractivity contribution in [3.8, 4) is 0 Å². The third-order valence-corrected chi connectivity index (χ3v) is 3.55. The van der Waals surface area contributed by atoms with Crippen molar-refractivity contribution in [2.75, 3.05) is 26.2 Å². The zero-order valence-electron chi connectivity index (χ0n) is 13.0. The summed E-state index contributed by atoms with van der Waals surface area (Å²) in [5.74, 6) is -1.18. The highest BCUT2D eigenvalue weighted by Crippen LogP contribution is 2.17. The van der Waals surface area contributed by atoms with Gasteiger partial charge in [-0.2, -0.15) is 0 Å². The number of esters is 1. The molecule has 1 fully saturated rings. The Kier molecular flexibility index (Phi) is 6.16. The van der Waals surface area contributed by atoms with Crippen LogP contribution in [0.3, 0.4) is 0 Å². The molecule has 8 nitrogen and oxygen atoms in total. The molecule has 23 heavy (non-hydrogen) atoms. The van der Waals surface area contributed by atoms with Crippen molar-refractivity contribution in [3.05, 3.63) is 24.2 Å². The molecule has 1 atom stereocenters. The lowest BCUT2D eigenvalue weighted by atomic mass is 9.98. The third kappa shape index (κ3) is 5.10. The van der Waals surface area contributed by atoms with Gasteiger partial charge in [-0.1, -0.05) is 0 Å². The van der Waals surface area contributed by atoms with Crippen LogP contribution in [0.25, 0.3) is 0 Å². The average molecular weight is 323 g/mol. The lowest BCUT2D eigenvalue weighted by molar-refractivity contribution is -0.150. The Hall–Kier alpha value is -2.35. The Balaban J connectivity index is 1.74. The van der Waals surface area contributed by atoms with Crippen LogP contribution in [0, 0.1) is 5.92 Å². The molecule has 2 N–H and O–H groups in total. The van der Waals surface area contributed by atoms with Crippen LogP contribution in [0.15, 0.2) is 22.8 Å².